The molecule has 6 nitrogen and oxygen atoms in total. The number of para-hydroxylation sites is 1. The number of ether oxygens (including phenoxy) is 2. The highest BCUT2D eigenvalue weighted by atomic mass is 79.9. The Morgan fingerprint density at radius 2 is 1.91 bits per heavy atom. The minimum absolute atomic E-state index is 0.326. The van der Waals surface area contributed by atoms with Crippen LogP contribution in [-0.2, 0) is 0 Å². The van der Waals surface area contributed by atoms with Gasteiger partial charge in [0.1, 0.15) is 29.7 Å². The van der Waals surface area contributed by atoms with Crippen molar-refractivity contribution >= 4 is 27.6 Å². The summed E-state index contributed by atoms with van der Waals surface area (Å²) in [5.41, 5.74) is 4.00. The van der Waals surface area contributed by atoms with Gasteiger partial charge in [0.2, 0.25) is 5.95 Å². The van der Waals surface area contributed by atoms with Crippen LogP contribution >= 0.6 is 15.9 Å². The van der Waals surface area contributed by atoms with Crippen molar-refractivity contribution in [1.29, 1.82) is 0 Å². The van der Waals surface area contributed by atoms with Gasteiger partial charge in [-0.1, -0.05) is 36.4 Å². The van der Waals surface area contributed by atoms with Gasteiger partial charge in [0.05, 0.1) is 17.3 Å². The molecule has 3 heterocycles. The van der Waals surface area contributed by atoms with E-state index in [4.69, 9.17) is 9.47 Å². The Bertz CT molecular complexity index is 1420. The predicted molar refractivity (Wildman–Crippen MR) is 126 cm³/mol. The smallest absolute Gasteiger partial charge is 0.226 e. The van der Waals surface area contributed by atoms with Crippen molar-refractivity contribution in [2.24, 2.45) is 0 Å². The second-order valence-electron chi connectivity index (χ2n) is 7.80. The number of fused-ring (bicyclic) bond motifs is 3. The molecular formula is C25H18BrFN4O2. The summed E-state index contributed by atoms with van der Waals surface area (Å²) in [6.45, 7) is 0. The van der Waals surface area contributed by atoms with Gasteiger partial charge >= 0.3 is 0 Å². The van der Waals surface area contributed by atoms with Crippen LogP contribution in [0.5, 0.6) is 11.5 Å². The second-order valence-corrected chi connectivity index (χ2v) is 8.65. The minimum Gasteiger partial charge on any atom is -0.496 e. The van der Waals surface area contributed by atoms with Crippen LogP contribution in [0.2, 0.25) is 0 Å². The Labute approximate surface area is 197 Å². The van der Waals surface area contributed by atoms with Crippen molar-refractivity contribution in [2.75, 3.05) is 12.4 Å². The average molecular weight is 505 g/mol. The number of methoxy groups -OCH3 is 1. The zero-order chi connectivity index (χ0) is 22.5. The minimum atomic E-state index is -0.660. The lowest BCUT2D eigenvalue weighted by Gasteiger charge is -2.39. The fraction of sp³-hybridized carbons (Fsp3) is 0.120. The molecular weight excluding hydrogens is 487 g/mol. The molecule has 2 aliphatic heterocycles. The van der Waals surface area contributed by atoms with Gasteiger partial charge in [-0.3, -0.25) is 0 Å². The quantitative estimate of drug-likeness (QED) is 0.385. The van der Waals surface area contributed by atoms with Gasteiger partial charge in [0.15, 0.2) is 6.10 Å². The van der Waals surface area contributed by atoms with Crippen LogP contribution in [0.4, 0.5) is 10.3 Å². The molecule has 6 rings (SSSR count). The van der Waals surface area contributed by atoms with Crippen molar-refractivity contribution in [2.45, 2.75) is 12.1 Å². The number of benzene rings is 3. The van der Waals surface area contributed by atoms with E-state index in [1.54, 1.807) is 23.9 Å². The fourth-order valence-corrected chi connectivity index (χ4v) is 5.10. The first-order valence-corrected chi connectivity index (χ1v) is 11.2. The number of hydrogen-bond acceptors (Lipinski definition) is 5. The average Bonchev–Trinajstić information content (AvgIpc) is 3.31. The molecule has 2 atom stereocenters. The number of aromatic nitrogens is 3. The van der Waals surface area contributed by atoms with Crippen molar-refractivity contribution in [3.8, 4) is 11.5 Å². The SMILES string of the molecule is COc1ccc([C@@H]2C3=C(Nc4ncnn42)c2ccccc2O[C@@H]3c2ccccc2F)cc1Br. The summed E-state index contributed by atoms with van der Waals surface area (Å²) in [5.74, 6) is 1.68. The summed E-state index contributed by atoms with van der Waals surface area (Å²) < 4.78 is 29.5. The molecule has 0 spiro atoms. The van der Waals surface area contributed by atoms with Crippen LogP contribution in [0.3, 0.4) is 0 Å². The van der Waals surface area contributed by atoms with Crippen molar-refractivity contribution < 1.29 is 13.9 Å². The molecule has 0 amide bonds. The molecule has 0 radical (unpaired) electrons. The lowest BCUT2D eigenvalue weighted by molar-refractivity contribution is 0.218. The highest BCUT2D eigenvalue weighted by Gasteiger charge is 2.41. The van der Waals surface area contributed by atoms with E-state index in [2.05, 4.69) is 31.3 Å². The molecule has 1 aromatic heterocycles. The number of anilines is 1. The number of rotatable bonds is 3. The lowest BCUT2D eigenvalue weighted by Crippen LogP contribution is -2.32. The number of halogens is 2. The summed E-state index contributed by atoms with van der Waals surface area (Å²) in [6.07, 6.45) is 0.851. The topological polar surface area (TPSA) is 61.2 Å². The predicted octanol–water partition coefficient (Wildman–Crippen LogP) is 5.75. The molecule has 2 aliphatic rings. The van der Waals surface area contributed by atoms with Crippen molar-refractivity contribution in [1.82, 2.24) is 14.8 Å². The van der Waals surface area contributed by atoms with E-state index in [0.29, 0.717) is 17.3 Å². The summed E-state index contributed by atoms with van der Waals surface area (Å²) in [4.78, 5) is 4.42. The maximum absolute atomic E-state index is 15.1. The molecule has 164 valence electrons. The van der Waals surface area contributed by atoms with Gasteiger partial charge in [-0.05, 0) is 51.8 Å². The molecule has 0 aliphatic carbocycles. The van der Waals surface area contributed by atoms with Gasteiger partial charge in [-0.15, -0.1) is 0 Å². The zero-order valence-electron chi connectivity index (χ0n) is 17.5. The van der Waals surface area contributed by atoms with E-state index >= 15 is 4.39 Å². The highest BCUT2D eigenvalue weighted by molar-refractivity contribution is 9.10. The molecule has 4 aromatic rings. The first-order valence-electron chi connectivity index (χ1n) is 10.4. The van der Waals surface area contributed by atoms with E-state index in [0.717, 1.165) is 32.6 Å². The number of nitrogens with zero attached hydrogens (tertiary/aromatic N) is 3. The van der Waals surface area contributed by atoms with Crippen LogP contribution < -0.4 is 14.8 Å². The largest absolute Gasteiger partial charge is 0.496 e. The Hall–Kier alpha value is -3.65. The van der Waals surface area contributed by atoms with Gasteiger partial charge in [0, 0.05) is 16.7 Å². The van der Waals surface area contributed by atoms with E-state index in [9.17, 15) is 0 Å². The normalized spacial score (nSPS) is 18.5. The van der Waals surface area contributed by atoms with E-state index in [1.165, 1.54) is 12.4 Å². The van der Waals surface area contributed by atoms with Crippen molar-refractivity contribution in [3.05, 3.63) is 106 Å². The van der Waals surface area contributed by atoms with Crippen LogP contribution in [0, 0.1) is 5.82 Å². The lowest BCUT2D eigenvalue weighted by atomic mass is 9.84. The maximum Gasteiger partial charge on any atom is 0.226 e. The third kappa shape index (κ3) is 3.13. The van der Waals surface area contributed by atoms with Gasteiger partial charge in [-0.25, -0.2) is 9.07 Å². The second kappa shape index (κ2) is 7.74. The van der Waals surface area contributed by atoms with Gasteiger partial charge in [-0.2, -0.15) is 10.1 Å². The van der Waals surface area contributed by atoms with E-state index < -0.39 is 6.10 Å². The van der Waals surface area contributed by atoms with Crippen LogP contribution in [0.1, 0.15) is 28.8 Å². The van der Waals surface area contributed by atoms with E-state index in [1.807, 2.05) is 48.5 Å². The Morgan fingerprint density at radius 1 is 1.09 bits per heavy atom. The molecule has 0 unspecified atom stereocenters. The van der Waals surface area contributed by atoms with Gasteiger partial charge < -0.3 is 14.8 Å². The third-order valence-electron chi connectivity index (χ3n) is 6.00. The summed E-state index contributed by atoms with van der Waals surface area (Å²) in [6, 6.07) is 19.9. The zero-order valence-corrected chi connectivity index (χ0v) is 19.1. The van der Waals surface area contributed by atoms with E-state index in [-0.39, 0.29) is 11.9 Å². The van der Waals surface area contributed by atoms with Crippen LogP contribution in [0.25, 0.3) is 5.70 Å². The molecule has 0 fully saturated rings. The Kier molecular flexibility index (Phi) is 4.69. The molecule has 0 bridgehead atoms. The van der Waals surface area contributed by atoms with Crippen molar-refractivity contribution in [3.63, 3.8) is 0 Å². The molecule has 3 aromatic carbocycles. The fourth-order valence-electron chi connectivity index (χ4n) is 4.54. The Morgan fingerprint density at radius 3 is 2.73 bits per heavy atom. The number of nitrogens with one attached hydrogen (secondary N) is 1. The monoisotopic (exact) mass is 504 g/mol. The molecule has 1 N–H and O–H groups in total. The van der Waals surface area contributed by atoms with Crippen LogP contribution in [-0.4, -0.2) is 21.9 Å². The first kappa shape index (κ1) is 20.0. The molecule has 0 saturated heterocycles. The summed E-state index contributed by atoms with van der Waals surface area (Å²) >= 11 is 3.60. The summed E-state index contributed by atoms with van der Waals surface area (Å²) in [5, 5.41) is 7.92. The van der Waals surface area contributed by atoms with Crippen LogP contribution in [0.15, 0.2) is 83.1 Å². The standard InChI is InChI=1S/C25H18BrFN4O2/c1-32-20-11-10-14(12-17(20)26)23-21-22(30-25-28-13-29-31(23)25)16-7-3-5-9-19(16)33-24(21)15-6-2-4-8-18(15)27/h2-13,23-24H,1H3,(H,28,29,30)/t23-,24-/m1/s1. The third-order valence-corrected chi connectivity index (χ3v) is 6.62. The Balaban J connectivity index is 1.63. The molecule has 0 saturated carbocycles. The first-order chi connectivity index (χ1) is 16.2. The molecule has 8 heteroatoms. The maximum atomic E-state index is 15.1. The highest BCUT2D eigenvalue weighted by Crippen LogP contribution is 2.51. The molecule has 33 heavy (non-hydrogen) atoms. The van der Waals surface area contributed by atoms with Gasteiger partial charge in [0.25, 0.3) is 0 Å². The summed E-state index contributed by atoms with van der Waals surface area (Å²) in [7, 11) is 1.63. The number of hydrogen-bond donors (Lipinski definition) is 1.